The van der Waals surface area contributed by atoms with E-state index in [1.165, 1.54) is 19.3 Å². The zero-order chi connectivity index (χ0) is 13.7. The van der Waals surface area contributed by atoms with Crippen molar-refractivity contribution in [2.24, 2.45) is 11.8 Å². The summed E-state index contributed by atoms with van der Waals surface area (Å²) in [5.74, 6) is 1.28. The van der Waals surface area contributed by atoms with Gasteiger partial charge in [0.15, 0.2) is 0 Å². The molecule has 0 aromatic rings. The van der Waals surface area contributed by atoms with Crippen LogP contribution < -0.4 is 10.6 Å². The van der Waals surface area contributed by atoms with Gasteiger partial charge in [-0.05, 0) is 37.5 Å². The van der Waals surface area contributed by atoms with E-state index >= 15 is 0 Å². The summed E-state index contributed by atoms with van der Waals surface area (Å²) >= 11 is 0. The summed E-state index contributed by atoms with van der Waals surface area (Å²) in [5.41, 5.74) is 0. The quantitative estimate of drug-likeness (QED) is 0.827. The highest BCUT2D eigenvalue weighted by Gasteiger charge is 2.28. The van der Waals surface area contributed by atoms with E-state index in [9.17, 15) is 4.79 Å². The number of urea groups is 1. The van der Waals surface area contributed by atoms with E-state index in [0.29, 0.717) is 24.4 Å². The van der Waals surface area contributed by atoms with Crippen LogP contribution in [0.2, 0.25) is 0 Å². The lowest BCUT2D eigenvalue weighted by Gasteiger charge is -2.34. The van der Waals surface area contributed by atoms with Crippen LogP contribution in [-0.2, 0) is 4.74 Å². The van der Waals surface area contributed by atoms with E-state index in [2.05, 4.69) is 24.5 Å². The second-order valence-electron chi connectivity index (χ2n) is 6.22. The lowest BCUT2D eigenvalue weighted by molar-refractivity contribution is 0.0183. The molecule has 2 aliphatic rings. The first-order chi connectivity index (χ1) is 9.16. The SMILES string of the molecule is CC1CCCC(NC(=O)NCC2CCCCO2)C1C. The molecule has 1 aliphatic heterocycles. The van der Waals surface area contributed by atoms with Gasteiger partial charge in [0.25, 0.3) is 0 Å². The van der Waals surface area contributed by atoms with Crippen LogP contribution in [-0.4, -0.2) is 31.3 Å². The third kappa shape index (κ3) is 4.37. The van der Waals surface area contributed by atoms with Crippen LogP contribution in [0.15, 0.2) is 0 Å². The molecule has 1 saturated carbocycles. The minimum Gasteiger partial charge on any atom is -0.376 e. The van der Waals surface area contributed by atoms with Gasteiger partial charge in [0.05, 0.1) is 6.10 Å². The van der Waals surface area contributed by atoms with Gasteiger partial charge in [0, 0.05) is 19.2 Å². The molecular weight excluding hydrogens is 240 g/mol. The lowest BCUT2D eigenvalue weighted by Crippen LogP contribution is -2.49. The van der Waals surface area contributed by atoms with E-state index in [1.807, 2.05) is 0 Å². The Morgan fingerprint density at radius 1 is 1.16 bits per heavy atom. The third-order valence-electron chi connectivity index (χ3n) is 4.79. The van der Waals surface area contributed by atoms with Crippen molar-refractivity contribution in [3.05, 3.63) is 0 Å². The van der Waals surface area contributed by atoms with Gasteiger partial charge in [-0.2, -0.15) is 0 Å². The average Bonchev–Trinajstić information content (AvgIpc) is 2.43. The number of nitrogens with one attached hydrogen (secondary N) is 2. The van der Waals surface area contributed by atoms with Crippen LogP contribution in [0, 0.1) is 11.8 Å². The highest BCUT2D eigenvalue weighted by molar-refractivity contribution is 5.74. The van der Waals surface area contributed by atoms with Crippen LogP contribution >= 0.6 is 0 Å². The van der Waals surface area contributed by atoms with Gasteiger partial charge in [-0.1, -0.05) is 26.7 Å². The molecule has 4 heteroatoms. The first-order valence-corrected chi connectivity index (χ1v) is 7.83. The first-order valence-electron chi connectivity index (χ1n) is 7.83. The Morgan fingerprint density at radius 3 is 2.74 bits per heavy atom. The Labute approximate surface area is 116 Å². The monoisotopic (exact) mass is 268 g/mol. The van der Waals surface area contributed by atoms with Gasteiger partial charge >= 0.3 is 6.03 Å². The van der Waals surface area contributed by atoms with E-state index in [0.717, 1.165) is 25.9 Å². The van der Waals surface area contributed by atoms with Crippen LogP contribution in [0.1, 0.15) is 52.4 Å². The molecule has 4 nitrogen and oxygen atoms in total. The van der Waals surface area contributed by atoms with Crippen molar-refractivity contribution in [3.8, 4) is 0 Å². The van der Waals surface area contributed by atoms with Gasteiger partial charge in [-0.3, -0.25) is 0 Å². The Bertz CT molecular complexity index is 290. The van der Waals surface area contributed by atoms with Crippen molar-refractivity contribution in [3.63, 3.8) is 0 Å². The smallest absolute Gasteiger partial charge is 0.315 e. The summed E-state index contributed by atoms with van der Waals surface area (Å²) in [6.07, 6.45) is 7.27. The van der Waals surface area contributed by atoms with Crippen molar-refractivity contribution in [1.29, 1.82) is 0 Å². The lowest BCUT2D eigenvalue weighted by atomic mass is 9.78. The molecule has 2 N–H and O–H groups in total. The van der Waals surface area contributed by atoms with Gasteiger partial charge in [0.1, 0.15) is 0 Å². The number of hydrogen-bond acceptors (Lipinski definition) is 2. The molecule has 2 fully saturated rings. The molecule has 0 bridgehead atoms. The van der Waals surface area contributed by atoms with Crippen LogP contribution in [0.25, 0.3) is 0 Å². The summed E-state index contributed by atoms with van der Waals surface area (Å²) < 4.78 is 5.61. The van der Waals surface area contributed by atoms with E-state index in [4.69, 9.17) is 4.74 Å². The first kappa shape index (κ1) is 14.6. The van der Waals surface area contributed by atoms with Crippen molar-refractivity contribution >= 4 is 6.03 Å². The standard InChI is InChI=1S/C15H28N2O2/c1-11-6-5-8-14(12(11)2)17-15(18)16-10-13-7-3-4-9-19-13/h11-14H,3-10H2,1-2H3,(H2,16,17,18). The van der Waals surface area contributed by atoms with Crippen molar-refractivity contribution in [2.75, 3.05) is 13.2 Å². The van der Waals surface area contributed by atoms with Gasteiger partial charge in [-0.25, -0.2) is 4.79 Å². The molecule has 0 aromatic heterocycles. The van der Waals surface area contributed by atoms with Gasteiger partial charge < -0.3 is 15.4 Å². The zero-order valence-corrected chi connectivity index (χ0v) is 12.3. The number of carbonyl (C=O) groups excluding carboxylic acids is 1. The fraction of sp³-hybridized carbons (Fsp3) is 0.933. The van der Waals surface area contributed by atoms with E-state index in [1.54, 1.807) is 0 Å². The number of hydrogen-bond donors (Lipinski definition) is 2. The molecule has 1 aliphatic carbocycles. The maximum Gasteiger partial charge on any atom is 0.315 e. The number of carbonyl (C=O) groups is 1. The molecule has 2 rings (SSSR count). The molecule has 19 heavy (non-hydrogen) atoms. The molecule has 1 saturated heterocycles. The molecule has 0 radical (unpaired) electrons. The van der Waals surface area contributed by atoms with Crippen molar-refractivity contribution in [2.45, 2.75) is 64.5 Å². The Kier molecular flexibility index (Phi) is 5.49. The normalized spacial score (nSPS) is 35.7. The molecule has 2 amide bonds. The Balaban J connectivity index is 1.68. The fourth-order valence-corrected chi connectivity index (χ4v) is 3.18. The molecule has 0 aromatic carbocycles. The van der Waals surface area contributed by atoms with Crippen molar-refractivity contribution < 1.29 is 9.53 Å². The van der Waals surface area contributed by atoms with E-state index in [-0.39, 0.29) is 12.1 Å². The molecule has 110 valence electrons. The number of rotatable bonds is 3. The number of ether oxygens (including phenoxy) is 1. The summed E-state index contributed by atoms with van der Waals surface area (Å²) in [6, 6.07) is 0.302. The zero-order valence-electron chi connectivity index (χ0n) is 12.3. The third-order valence-corrected chi connectivity index (χ3v) is 4.79. The van der Waals surface area contributed by atoms with E-state index < -0.39 is 0 Å². The highest BCUT2D eigenvalue weighted by Crippen LogP contribution is 2.29. The number of amides is 2. The fourth-order valence-electron chi connectivity index (χ4n) is 3.18. The second kappa shape index (κ2) is 7.13. The predicted octanol–water partition coefficient (Wildman–Crippen LogP) is 2.68. The molecule has 0 spiro atoms. The van der Waals surface area contributed by atoms with Crippen LogP contribution in [0.5, 0.6) is 0 Å². The topological polar surface area (TPSA) is 50.4 Å². The van der Waals surface area contributed by atoms with Gasteiger partial charge in [0.2, 0.25) is 0 Å². The maximum absolute atomic E-state index is 11.9. The molecule has 4 atom stereocenters. The predicted molar refractivity (Wildman–Crippen MR) is 76.1 cm³/mol. The van der Waals surface area contributed by atoms with Crippen LogP contribution in [0.4, 0.5) is 4.79 Å². The van der Waals surface area contributed by atoms with Crippen molar-refractivity contribution in [1.82, 2.24) is 10.6 Å². The average molecular weight is 268 g/mol. The Hall–Kier alpha value is -0.770. The summed E-state index contributed by atoms with van der Waals surface area (Å²) in [4.78, 5) is 11.9. The summed E-state index contributed by atoms with van der Waals surface area (Å²) in [7, 11) is 0. The largest absolute Gasteiger partial charge is 0.376 e. The maximum atomic E-state index is 11.9. The minimum atomic E-state index is -0.0277. The summed E-state index contributed by atoms with van der Waals surface area (Å²) in [5, 5.41) is 6.09. The minimum absolute atomic E-state index is 0.0277. The Morgan fingerprint density at radius 2 is 2.00 bits per heavy atom. The highest BCUT2D eigenvalue weighted by atomic mass is 16.5. The van der Waals surface area contributed by atoms with Gasteiger partial charge in [-0.15, -0.1) is 0 Å². The molecule has 1 heterocycles. The molecule has 4 unspecified atom stereocenters. The summed E-state index contributed by atoms with van der Waals surface area (Å²) in [6.45, 7) is 6.01. The molecular formula is C15H28N2O2. The second-order valence-corrected chi connectivity index (χ2v) is 6.22. The van der Waals surface area contributed by atoms with Crippen LogP contribution in [0.3, 0.4) is 0 Å².